The Morgan fingerprint density at radius 3 is 1.55 bits per heavy atom. The number of aliphatic hydroxyl groups excluding tert-OH is 2. The van der Waals surface area contributed by atoms with E-state index < -0.39 is 0 Å². The predicted molar refractivity (Wildman–Crippen MR) is 183 cm³/mol. The summed E-state index contributed by atoms with van der Waals surface area (Å²) in [7, 11) is 0. The van der Waals surface area contributed by atoms with Gasteiger partial charge in [-0.2, -0.15) is 0 Å². The molecule has 2 aliphatic heterocycles. The SMILES string of the molecule is CC(/C=C/[C@@]12O[C@]1(C)C[C@@H](O)CC2(C)C)C/C=C/C(C)CCCCC(C)CCCC(C)/C=C/[C@@]12O[C@]1(C)C[C@@H](O)CC2(C)C. The Morgan fingerprint density at radius 1 is 0.591 bits per heavy atom. The van der Waals surface area contributed by atoms with E-state index in [0.29, 0.717) is 17.8 Å². The molecule has 2 heterocycles. The van der Waals surface area contributed by atoms with E-state index in [9.17, 15) is 10.2 Å². The van der Waals surface area contributed by atoms with Crippen molar-refractivity contribution in [1.29, 1.82) is 0 Å². The smallest absolute Gasteiger partial charge is 0.121 e. The molecule has 0 radical (unpaired) electrons. The van der Waals surface area contributed by atoms with Crippen LogP contribution in [0.1, 0.15) is 146 Å². The van der Waals surface area contributed by atoms with Crippen LogP contribution in [-0.4, -0.2) is 44.8 Å². The molecule has 4 nitrogen and oxygen atoms in total. The van der Waals surface area contributed by atoms with Crippen molar-refractivity contribution < 1.29 is 19.7 Å². The average molecular weight is 613 g/mol. The van der Waals surface area contributed by atoms with E-state index >= 15 is 0 Å². The lowest BCUT2D eigenvalue weighted by Crippen LogP contribution is -2.46. The van der Waals surface area contributed by atoms with Crippen molar-refractivity contribution in [1.82, 2.24) is 0 Å². The normalized spacial score (nSPS) is 40.1. The maximum atomic E-state index is 10.3. The van der Waals surface area contributed by atoms with Gasteiger partial charge in [0.1, 0.15) is 22.4 Å². The number of fused-ring (bicyclic) bond motifs is 2. The van der Waals surface area contributed by atoms with Crippen molar-refractivity contribution in [3.8, 4) is 0 Å². The number of allylic oxidation sites excluding steroid dienone is 4. The van der Waals surface area contributed by atoms with Gasteiger partial charge in [-0.15, -0.1) is 0 Å². The van der Waals surface area contributed by atoms with Crippen molar-refractivity contribution >= 4 is 0 Å². The second-order valence-electron chi connectivity index (χ2n) is 17.7. The van der Waals surface area contributed by atoms with Crippen molar-refractivity contribution in [3.63, 3.8) is 0 Å². The third-order valence-electron chi connectivity index (χ3n) is 12.3. The van der Waals surface area contributed by atoms with E-state index in [1.165, 1.54) is 44.9 Å². The standard InChI is InChI=1S/C40H68O4/c1-29(17-13-19-31(3)21-23-39-35(5,6)25-33(41)27-37(39,9)43-39)15-11-12-16-30(2)18-14-20-32(4)22-24-40-36(7,8)26-34(42)28-38(40,10)44-40/h13,17,21-24,29-34,41-42H,11-12,14-16,18-20,25-28H2,1-10H3/b17-13+,23-21+,24-22+/t29?,30?,31?,32?,33-,34-,37+,38+,39-,40-/m0/s1. The monoisotopic (exact) mass is 613 g/mol. The summed E-state index contributed by atoms with van der Waals surface area (Å²) in [5, 5.41) is 20.6. The maximum absolute atomic E-state index is 10.3. The van der Waals surface area contributed by atoms with E-state index in [-0.39, 0.29) is 45.4 Å². The molecule has 0 aromatic rings. The molecule has 0 amide bonds. The lowest BCUT2D eigenvalue weighted by molar-refractivity contribution is 0.0509. The second-order valence-corrected chi connectivity index (χ2v) is 17.7. The van der Waals surface area contributed by atoms with E-state index in [1.807, 2.05) is 0 Å². The van der Waals surface area contributed by atoms with Crippen LogP contribution in [0.5, 0.6) is 0 Å². The Balaban J connectivity index is 1.06. The molecule has 2 aliphatic carbocycles. The van der Waals surface area contributed by atoms with Crippen molar-refractivity contribution in [2.45, 2.75) is 181 Å². The first kappa shape index (κ1) is 35.9. The highest BCUT2D eigenvalue weighted by Gasteiger charge is 2.75. The highest BCUT2D eigenvalue weighted by molar-refractivity contribution is 5.33. The van der Waals surface area contributed by atoms with Gasteiger partial charge < -0.3 is 19.7 Å². The van der Waals surface area contributed by atoms with E-state index in [2.05, 4.69) is 106 Å². The molecule has 10 atom stereocenters. The molecule has 0 spiro atoms. The van der Waals surface area contributed by atoms with Crippen LogP contribution in [0.25, 0.3) is 0 Å². The van der Waals surface area contributed by atoms with Crippen LogP contribution in [0.15, 0.2) is 36.5 Å². The van der Waals surface area contributed by atoms with E-state index in [4.69, 9.17) is 9.47 Å². The first-order chi connectivity index (χ1) is 20.4. The minimum Gasteiger partial charge on any atom is -0.393 e. The number of unbranched alkanes of at least 4 members (excludes halogenated alkanes) is 1. The minimum atomic E-state index is -0.257. The molecule has 4 rings (SSSR count). The van der Waals surface area contributed by atoms with Crippen LogP contribution in [0.4, 0.5) is 0 Å². The highest BCUT2D eigenvalue weighted by atomic mass is 16.6. The largest absolute Gasteiger partial charge is 0.393 e. The van der Waals surface area contributed by atoms with Gasteiger partial charge in [0.05, 0.1) is 12.2 Å². The summed E-state index contributed by atoms with van der Waals surface area (Å²) in [6.45, 7) is 22.7. The first-order valence-electron chi connectivity index (χ1n) is 18.2. The van der Waals surface area contributed by atoms with Crippen LogP contribution in [-0.2, 0) is 9.47 Å². The molecule has 0 bridgehead atoms. The summed E-state index contributed by atoms with van der Waals surface area (Å²) in [6, 6.07) is 0. The van der Waals surface area contributed by atoms with Gasteiger partial charge in [0.15, 0.2) is 0 Å². The molecule has 0 aromatic carbocycles. The zero-order valence-electron chi connectivity index (χ0n) is 30.1. The third kappa shape index (κ3) is 7.45. The predicted octanol–water partition coefficient (Wildman–Crippen LogP) is 9.74. The fraction of sp³-hybridized carbons (Fsp3) is 0.850. The highest BCUT2D eigenvalue weighted by Crippen LogP contribution is 2.67. The van der Waals surface area contributed by atoms with E-state index in [1.54, 1.807) is 0 Å². The Bertz CT molecular complexity index is 1060. The lowest BCUT2D eigenvalue weighted by atomic mass is 9.63. The Morgan fingerprint density at radius 2 is 1.02 bits per heavy atom. The Kier molecular flexibility index (Phi) is 10.8. The fourth-order valence-corrected chi connectivity index (χ4v) is 9.44. The van der Waals surface area contributed by atoms with Gasteiger partial charge >= 0.3 is 0 Å². The minimum absolute atomic E-state index is 0.0275. The molecule has 4 fully saturated rings. The number of rotatable bonds is 16. The van der Waals surface area contributed by atoms with Crippen LogP contribution in [0, 0.1) is 34.5 Å². The first-order valence-corrected chi connectivity index (χ1v) is 18.2. The number of aliphatic hydroxyl groups is 2. The van der Waals surface area contributed by atoms with Gasteiger partial charge in [-0.25, -0.2) is 0 Å². The van der Waals surface area contributed by atoms with Crippen LogP contribution in [0.3, 0.4) is 0 Å². The third-order valence-corrected chi connectivity index (χ3v) is 12.3. The molecule has 252 valence electrons. The van der Waals surface area contributed by atoms with Gasteiger partial charge in [-0.1, -0.05) is 124 Å². The van der Waals surface area contributed by atoms with Crippen LogP contribution < -0.4 is 0 Å². The summed E-state index contributed by atoms with van der Waals surface area (Å²) in [6.07, 6.45) is 27.0. The summed E-state index contributed by atoms with van der Waals surface area (Å²) >= 11 is 0. The Labute approximate surface area is 271 Å². The van der Waals surface area contributed by atoms with Gasteiger partial charge in [0, 0.05) is 23.7 Å². The molecule has 2 N–H and O–H groups in total. The van der Waals surface area contributed by atoms with Gasteiger partial charge in [0.2, 0.25) is 0 Å². The van der Waals surface area contributed by atoms with Crippen LogP contribution in [0.2, 0.25) is 0 Å². The average Bonchev–Trinajstić information content (AvgIpc) is 3.73. The zero-order valence-corrected chi connectivity index (χ0v) is 30.1. The van der Waals surface area contributed by atoms with E-state index in [0.717, 1.165) is 38.0 Å². The molecule has 4 unspecified atom stereocenters. The van der Waals surface area contributed by atoms with Crippen molar-refractivity contribution in [2.24, 2.45) is 34.5 Å². The molecule has 2 saturated carbocycles. The molecule has 0 aromatic heterocycles. The summed E-state index contributed by atoms with van der Waals surface area (Å²) in [4.78, 5) is 0. The maximum Gasteiger partial charge on any atom is 0.121 e. The number of hydrogen-bond acceptors (Lipinski definition) is 4. The molecule has 4 heteroatoms. The zero-order chi connectivity index (χ0) is 32.6. The lowest BCUT2D eigenvalue weighted by Gasteiger charge is -2.39. The molecule has 44 heavy (non-hydrogen) atoms. The number of hydrogen-bond donors (Lipinski definition) is 2. The Hall–Kier alpha value is -0.940. The summed E-state index contributed by atoms with van der Waals surface area (Å²) in [5.41, 5.74) is -0.901. The second kappa shape index (κ2) is 13.3. The topological polar surface area (TPSA) is 65.5 Å². The summed E-state index contributed by atoms with van der Waals surface area (Å²) < 4.78 is 12.6. The van der Waals surface area contributed by atoms with Gasteiger partial charge in [-0.05, 0) is 69.6 Å². The molecule has 2 saturated heterocycles. The number of epoxide rings is 2. The van der Waals surface area contributed by atoms with Crippen molar-refractivity contribution in [3.05, 3.63) is 36.5 Å². The van der Waals surface area contributed by atoms with Crippen LogP contribution >= 0.6 is 0 Å². The molecular weight excluding hydrogens is 544 g/mol. The summed E-state index contributed by atoms with van der Waals surface area (Å²) in [5.74, 6) is 2.48. The quantitative estimate of drug-likeness (QED) is 0.103. The van der Waals surface area contributed by atoms with Gasteiger partial charge in [0.25, 0.3) is 0 Å². The molecule has 4 aliphatic rings. The van der Waals surface area contributed by atoms with Gasteiger partial charge in [-0.3, -0.25) is 0 Å². The molecular formula is C40H68O4. The fourth-order valence-electron chi connectivity index (χ4n) is 9.44. The number of ether oxygens (including phenoxy) is 2. The van der Waals surface area contributed by atoms with Crippen molar-refractivity contribution in [2.75, 3.05) is 0 Å².